The summed E-state index contributed by atoms with van der Waals surface area (Å²) < 4.78 is 12.4. The first-order chi connectivity index (χ1) is 11.6. The smallest absolute Gasteiger partial charge is 0.378 e. The molecule has 0 N–H and O–H groups in total. The highest BCUT2D eigenvalue weighted by atomic mass is 16.5. The number of hydrogen-bond donors (Lipinski definition) is 0. The molecule has 0 saturated heterocycles. The van der Waals surface area contributed by atoms with Crippen LogP contribution in [0.5, 0.6) is 0 Å². The summed E-state index contributed by atoms with van der Waals surface area (Å²) in [4.78, 5) is 20.5. The molecule has 7 heteroatoms. The molecule has 0 aliphatic carbocycles. The Labute approximate surface area is 136 Å². The lowest BCUT2D eigenvalue weighted by Crippen LogP contribution is -2.07. The SMILES string of the molecule is Cc1cc(C)n2nc(C(=O)OCc3cc4ccccc4o3)nc2n1. The Morgan fingerprint density at radius 3 is 2.88 bits per heavy atom. The molecule has 4 rings (SSSR count). The minimum absolute atomic E-state index is 0.0210. The lowest BCUT2D eigenvalue weighted by molar-refractivity contribution is 0.0433. The summed E-state index contributed by atoms with van der Waals surface area (Å²) in [5.41, 5.74) is 2.42. The first-order valence-corrected chi connectivity index (χ1v) is 7.46. The van der Waals surface area contributed by atoms with Crippen molar-refractivity contribution in [3.8, 4) is 0 Å². The molecule has 0 aliphatic heterocycles. The van der Waals surface area contributed by atoms with Gasteiger partial charge in [0.25, 0.3) is 11.6 Å². The Balaban J connectivity index is 1.54. The van der Waals surface area contributed by atoms with Crippen molar-refractivity contribution < 1.29 is 13.9 Å². The van der Waals surface area contributed by atoms with E-state index in [0.717, 1.165) is 22.4 Å². The van der Waals surface area contributed by atoms with Crippen LogP contribution in [0, 0.1) is 13.8 Å². The van der Waals surface area contributed by atoms with Crippen LogP contribution in [0.15, 0.2) is 40.8 Å². The fourth-order valence-electron chi connectivity index (χ4n) is 2.56. The van der Waals surface area contributed by atoms with E-state index >= 15 is 0 Å². The van der Waals surface area contributed by atoms with E-state index in [1.807, 2.05) is 50.2 Å². The Morgan fingerprint density at radius 1 is 1.21 bits per heavy atom. The van der Waals surface area contributed by atoms with Crippen LogP contribution in [0.2, 0.25) is 0 Å². The summed E-state index contributed by atoms with van der Waals surface area (Å²) in [5, 5.41) is 5.11. The van der Waals surface area contributed by atoms with Crippen LogP contribution in [0.25, 0.3) is 16.7 Å². The number of fused-ring (bicyclic) bond motifs is 2. The molecule has 1 aromatic carbocycles. The molecule has 7 nitrogen and oxygen atoms in total. The second-order valence-electron chi connectivity index (χ2n) is 5.51. The molecule has 0 spiro atoms. The second kappa shape index (κ2) is 5.45. The molecule has 0 fully saturated rings. The van der Waals surface area contributed by atoms with Gasteiger partial charge in [-0.15, -0.1) is 5.10 Å². The van der Waals surface area contributed by atoms with Crippen LogP contribution in [0.3, 0.4) is 0 Å². The molecule has 4 aromatic rings. The van der Waals surface area contributed by atoms with E-state index in [0.29, 0.717) is 11.5 Å². The van der Waals surface area contributed by atoms with Crippen molar-refractivity contribution in [1.29, 1.82) is 0 Å². The lowest BCUT2D eigenvalue weighted by atomic mass is 10.2. The molecular weight excluding hydrogens is 308 g/mol. The Bertz CT molecular complexity index is 1030. The molecule has 120 valence electrons. The highest BCUT2D eigenvalue weighted by Gasteiger charge is 2.17. The maximum Gasteiger partial charge on any atom is 0.378 e. The van der Waals surface area contributed by atoms with Gasteiger partial charge in [0.15, 0.2) is 0 Å². The number of furan rings is 1. The van der Waals surface area contributed by atoms with Crippen molar-refractivity contribution in [3.63, 3.8) is 0 Å². The minimum atomic E-state index is -0.613. The number of hydrogen-bond acceptors (Lipinski definition) is 6. The van der Waals surface area contributed by atoms with Crippen molar-refractivity contribution in [2.24, 2.45) is 0 Å². The third kappa shape index (κ3) is 2.50. The zero-order valence-corrected chi connectivity index (χ0v) is 13.2. The van der Waals surface area contributed by atoms with E-state index < -0.39 is 5.97 Å². The van der Waals surface area contributed by atoms with Crippen LogP contribution in [-0.4, -0.2) is 25.6 Å². The van der Waals surface area contributed by atoms with Gasteiger partial charge in [0, 0.05) is 16.8 Å². The number of aromatic nitrogens is 4. The third-order valence-electron chi connectivity index (χ3n) is 3.62. The molecule has 3 heterocycles. The van der Waals surface area contributed by atoms with Gasteiger partial charge in [-0.2, -0.15) is 4.98 Å². The highest BCUT2D eigenvalue weighted by Crippen LogP contribution is 2.19. The lowest BCUT2D eigenvalue weighted by Gasteiger charge is -1.98. The number of para-hydroxylation sites is 1. The molecule has 0 saturated carbocycles. The first-order valence-electron chi connectivity index (χ1n) is 7.46. The predicted molar refractivity (Wildman–Crippen MR) is 85.6 cm³/mol. The summed E-state index contributed by atoms with van der Waals surface area (Å²) in [6, 6.07) is 11.3. The Hall–Kier alpha value is -3.22. The quantitative estimate of drug-likeness (QED) is 0.539. The average molecular weight is 322 g/mol. The van der Waals surface area contributed by atoms with Crippen LogP contribution in [0.4, 0.5) is 0 Å². The molecule has 0 unspecified atom stereocenters. The van der Waals surface area contributed by atoms with Crippen LogP contribution >= 0.6 is 0 Å². The van der Waals surface area contributed by atoms with E-state index in [-0.39, 0.29) is 12.4 Å². The molecule has 0 atom stereocenters. The van der Waals surface area contributed by atoms with Crippen molar-refractivity contribution in [1.82, 2.24) is 19.6 Å². The summed E-state index contributed by atoms with van der Waals surface area (Å²) in [6.07, 6.45) is 0. The van der Waals surface area contributed by atoms with E-state index in [4.69, 9.17) is 9.15 Å². The van der Waals surface area contributed by atoms with Gasteiger partial charge in [-0.3, -0.25) is 0 Å². The summed E-state index contributed by atoms with van der Waals surface area (Å²) in [6.45, 7) is 3.76. The van der Waals surface area contributed by atoms with Crippen molar-refractivity contribution in [3.05, 3.63) is 59.4 Å². The Morgan fingerprint density at radius 2 is 2.04 bits per heavy atom. The second-order valence-corrected chi connectivity index (χ2v) is 5.51. The van der Waals surface area contributed by atoms with Gasteiger partial charge in [0.05, 0.1) is 0 Å². The number of nitrogens with zero attached hydrogens (tertiary/aromatic N) is 4. The first kappa shape index (κ1) is 14.4. The fourth-order valence-corrected chi connectivity index (χ4v) is 2.56. The molecule has 0 aliphatic rings. The monoisotopic (exact) mass is 322 g/mol. The number of esters is 1. The van der Waals surface area contributed by atoms with E-state index in [1.54, 1.807) is 0 Å². The molecule has 3 aromatic heterocycles. The largest absolute Gasteiger partial charge is 0.457 e. The van der Waals surface area contributed by atoms with Crippen LogP contribution in [0.1, 0.15) is 27.8 Å². The van der Waals surface area contributed by atoms with Gasteiger partial charge in [-0.1, -0.05) is 18.2 Å². The zero-order valence-electron chi connectivity index (χ0n) is 13.2. The standard InChI is InChI=1S/C17H14N4O3/c1-10-7-11(2)21-17(18-10)19-15(20-21)16(22)23-9-13-8-12-5-3-4-6-14(12)24-13/h3-8H,9H2,1-2H3. The molecule has 0 radical (unpaired) electrons. The number of carbonyl (C=O) groups excluding carboxylic acids is 1. The van der Waals surface area contributed by atoms with Gasteiger partial charge >= 0.3 is 5.97 Å². The molecule has 0 amide bonds. The average Bonchev–Trinajstić information content (AvgIpc) is 3.15. The predicted octanol–water partition coefficient (Wildman–Crippen LogP) is 2.84. The summed E-state index contributed by atoms with van der Waals surface area (Å²) in [5.74, 6) is 0.312. The van der Waals surface area contributed by atoms with E-state index in [1.165, 1.54) is 4.52 Å². The van der Waals surface area contributed by atoms with Crippen molar-refractivity contribution >= 4 is 22.7 Å². The van der Waals surface area contributed by atoms with Gasteiger partial charge < -0.3 is 9.15 Å². The van der Waals surface area contributed by atoms with E-state index in [2.05, 4.69) is 15.1 Å². The van der Waals surface area contributed by atoms with Gasteiger partial charge in [0.1, 0.15) is 18.0 Å². The van der Waals surface area contributed by atoms with Gasteiger partial charge in [0.2, 0.25) is 0 Å². The maximum absolute atomic E-state index is 12.2. The summed E-state index contributed by atoms with van der Waals surface area (Å²) >= 11 is 0. The number of aryl methyl sites for hydroxylation is 2. The summed E-state index contributed by atoms with van der Waals surface area (Å²) in [7, 11) is 0. The van der Waals surface area contributed by atoms with Crippen LogP contribution in [-0.2, 0) is 11.3 Å². The molecule has 0 bridgehead atoms. The normalized spacial score (nSPS) is 11.2. The van der Waals surface area contributed by atoms with Crippen molar-refractivity contribution in [2.45, 2.75) is 20.5 Å². The maximum atomic E-state index is 12.2. The number of rotatable bonds is 3. The number of ether oxygens (including phenoxy) is 1. The molecule has 24 heavy (non-hydrogen) atoms. The number of benzene rings is 1. The van der Waals surface area contributed by atoms with Gasteiger partial charge in [-0.05, 0) is 32.0 Å². The third-order valence-corrected chi connectivity index (χ3v) is 3.62. The number of carbonyl (C=O) groups is 1. The minimum Gasteiger partial charge on any atom is -0.457 e. The Kier molecular flexibility index (Phi) is 3.26. The van der Waals surface area contributed by atoms with Crippen molar-refractivity contribution in [2.75, 3.05) is 0 Å². The zero-order chi connectivity index (χ0) is 16.7. The van der Waals surface area contributed by atoms with Gasteiger partial charge in [-0.25, -0.2) is 14.3 Å². The molecular formula is C17H14N4O3. The van der Waals surface area contributed by atoms with Crippen LogP contribution < -0.4 is 0 Å². The highest BCUT2D eigenvalue weighted by molar-refractivity contribution is 5.85. The fraction of sp³-hybridized carbons (Fsp3) is 0.176. The van der Waals surface area contributed by atoms with E-state index in [9.17, 15) is 4.79 Å². The topological polar surface area (TPSA) is 82.5 Å².